The summed E-state index contributed by atoms with van der Waals surface area (Å²) in [6.45, 7) is 0. The third kappa shape index (κ3) is 5.38. The van der Waals surface area contributed by atoms with Crippen LogP contribution in [0.15, 0.2) is 0 Å². The number of hydrogen-bond acceptors (Lipinski definition) is 13. The van der Waals surface area contributed by atoms with Gasteiger partial charge in [0, 0.05) is 0 Å². The van der Waals surface area contributed by atoms with E-state index in [1.807, 2.05) is 0 Å². The van der Waals surface area contributed by atoms with E-state index in [9.17, 15) is 18.3 Å². The maximum Gasteiger partial charge on any atom is 0.501 e. The molecule has 0 unspecified atom stereocenters. The first-order chi connectivity index (χ1) is 8.24. The van der Waals surface area contributed by atoms with Crippen molar-refractivity contribution in [2.24, 2.45) is 0 Å². The topological polar surface area (TPSA) is 271 Å². The molecule has 0 radical (unpaired) electrons. The molecule has 0 aromatic heterocycles. The molecule has 21 heteroatoms. The number of rotatable bonds is 0. The van der Waals surface area contributed by atoms with Crippen LogP contribution in [0.5, 0.6) is 0 Å². The quantitative estimate of drug-likeness (QED) is 0.353. The third-order valence-corrected chi connectivity index (χ3v) is 10.8. The lowest BCUT2D eigenvalue weighted by Crippen LogP contribution is -2.19. The van der Waals surface area contributed by atoms with Crippen LogP contribution in [-0.2, 0) is 48.7 Å². The van der Waals surface area contributed by atoms with E-state index < -0.39 is 39.1 Å². The summed E-state index contributed by atoms with van der Waals surface area (Å²) in [5.41, 5.74) is 0. The summed E-state index contributed by atoms with van der Waals surface area (Å²) in [7, 11) is -22.4. The zero-order valence-corrected chi connectivity index (χ0v) is 14.0. The predicted octanol–water partition coefficient (Wildman–Crippen LogP) is 1.95. The predicted molar refractivity (Wildman–Crippen MR) is 61.2 cm³/mol. The monoisotopic (exact) mass is 416 g/mol. The van der Waals surface area contributed by atoms with Gasteiger partial charge in [-0.1, -0.05) is 0 Å². The van der Waals surface area contributed by atoms with Crippen molar-refractivity contribution < 1.29 is 63.4 Å². The second-order valence-electron chi connectivity index (χ2n) is 2.79. The summed E-state index contributed by atoms with van der Waals surface area (Å²) in [6, 6.07) is 0. The maximum absolute atomic E-state index is 11.3. The van der Waals surface area contributed by atoms with Crippen LogP contribution in [0.2, 0.25) is 0 Å². The lowest BCUT2D eigenvalue weighted by atomic mass is 14.0. The van der Waals surface area contributed by atoms with Gasteiger partial charge in [0.1, 0.15) is 0 Å². The van der Waals surface area contributed by atoms with Gasteiger partial charge in [-0.25, -0.2) is 22.8 Å². The van der Waals surface area contributed by atoms with Crippen molar-refractivity contribution in [1.29, 1.82) is 0 Å². The molecule has 0 spiro atoms. The first kappa shape index (κ1) is 21.7. The molecule has 4 rings (SSSR count). The van der Waals surface area contributed by atoms with Crippen molar-refractivity contribution in [1.82, 2.24) is 12.3 Å². The first-order valence-corrected chi connectivity index (χ1v) is 11.1. The standard InChI is InChI=1S/2H3N.O10P4.H3O4P/c;;1-11-5-12(2)8-13(3,6-11)10-14(4,7-11)9-12;1-5(2,3)4/h2*1H3;;(H3,1,2,3,4). The minimum atomic E-state index is -4.64. The third-order valence-electron chi connectivity index (χ3n) is 1.20. The van der Waals surface area contributed by atoms with Crippen LogP contribution in [0.25, 0.3) is 0 Å². The van der Waals surface area contributed by atoms with Gasteiger partial charge < -0.3 is 27.0 Å². The van der Waals surface area contributed by atoms with Gasteiger partial charge in [0.15, 0.2) is 0 Å². The molecule has 0 saturated carbocycles. The van der Waals surface area contributed by atoms with Gasteiger partial charge in [-0.15, -0.1) is 0 Å². The average molecular weight is 416 g/mol. The van der Waals surface area contributed by atoms with Crippen molar-refractivity contribution in [2.75, 3.05) is 0 Å². The molecule has 128 valence electrons. The molecule has 0 aromatic rings. The first-order valence-electron chi connectivity index (χ1n) is 3.70. The molecule has 9 N–H and O–H groups in total. The summed E-state index contributed by atoms with van der Waals surface area (Å²) >= 11 is 0. The van der Waals surface area contributed by atoms with Crippen LogP contribution >= 0.6 is 39.1 Å². The van der Waals surface area contributed by atoms with Gasteiger partial charge in [0.05, 0.1) is 0 Å². The Morgan fingerprint density at radius 2 is 0.667 bits per heavy atom. The largest absolute Gasteiger partial charge is 0.501 e. The molecule has 16 nitrogen and oxygen atoms in total. The highest BCUT2D eigenvalue weighted by Crippen LogP contribution is 2.99. The summed E-state index contributed by atoms with van der Waals surface area (Å²) in [6.07, 6.45) is 0. The molecule has 4 saturated heterocycles. The Labute approximate surface area is 115 Å². The molecule has 0 atom stereocenters. The average Bonchev–Trinajstić information content (AvgIpc) is 1.83. The van der Waals surface area contributed by atoms with Crippen LogP contribution < -0.4 is 12.3 Å². The lowest BCUT2D eigenvalue weighted by molar-refractivity contribution is 0.0909. The fraction of sp³-hybridized carbons (Fsp3) is 0. The number of phosphoric acid groups is 5. The second kappa shape index (κ2) is 5.97. The maximum atomic E-state index is 11.3. The lowest BCUT2D eigenvalue weighted by Gasteiger charge is -2.41. The molecule has 4 heterocycles. The van der Waals surface area contributed by atoms with Crippen molar-refractivity contribution in [3.63, 3.8) is 0 Å². The summed E-state index contributed by atoms with van der Waals surface area (Å²) in [5.74, 6) is 0. The molecular weight excluding hydrogens is 407 g/mol. The van der Waals surface area contributed by atoms with Gasteiger partial charge in [0.25, 0.3) is 0 Å². The molecule has 0 aromatic carbocycles. The van der Waals surface area contributed by atoms with E-state index in [1.165, 1.54) is 0 Å². The minimum Gasteiger partial charge on any atom is -0.344 e. The molecule has 0 aliphatic carbocycles. The van der Waals surface area contributed by atoms with Gasteiger partial charge in [-0.05, 0) is 0 Å². The molecular formula is H9N2O14P5. The minimum absolute atomic E-state index is 0. The van der Waals surface area contributed by atoms with E-state index in [1.54, 1.807) is 0 Å². The van der Waals surface area contributed by atoms with Crippen LogP contribution in [0.3, 0.4) is 0 Å². The summed E-state index contributed by atoms with van der Waals surface area (Å²) in [5, 5.41) is 0. The molecule has 21 heavy (non-hydrogen) atoms. The van der Waals surface area contributed by atoms with Crippen LogP contribution in [0.4, 0.5) is 0 Å². The van der Waals surface area contributed by atoms with E-state index >= 15 is 0 Å². The highest BCUT2D eigenvalue weighted by Gasteiger charge is 2.74. The van der Waals surface area contributed by atoms with Gasteiger partial charge in [0.2, 0.25) is 0 Å². The van der Waals surface area contributed by atoms with Crippen LogP contribution in [0, 0.1) is 0 Å². The Balaban J connectivity index is 0.000000507. The Hall–Kier alpha value is 0.710. The van der Waals surface area contributed by atoms with Crippen molar-refractivity contribution in [3.05, 3.63) is 0 Å². The van der Waals surface area contributed by atoms with Gasteiger partial charge >= 0.3 is 39.1 Å². The fourth-order valence-electron chi connectivity index (χ4n) is 0.914. The molecule has 4 fully saturated rings. The van der Waals surface area contributed by atoms with Gasteiger partial charge in [-0.2, -0.15) is 25.9 Å². The van der Waals surface area contributed by atoms with E-state index in [-0.39, 0.29) is 12.3 Å². The fourth-order valence-corrected chi connectivity index (χ4v) is 11.4. The summed E-state index contributed by atoms with van der Waals surface area (Å²) in [4.78, 5) is 21.6. The highest BCUT2D eigenvalue weighted by molar-refractivity contribution is 7.88. The Morgan fingerprint density at radius 3 is 0.762 bits per heavy atom. The van der Waals surface area contributed by atoms with Crippen molar-refractivity contribution in [2.45, 2.75) is 0 Å². The summed E-state index contributed by atoms with van der Waals surface area (Å²) < 4.78 is 78.8. The van der Waals surface area contributed by atoms with Crippen LogP contribution in [-0.4, -0.2) is 14.7 Å². The zero-order valence-electron chi connectivity index (χ0n) is 9.48. The van der Waals surface area contributed by atoms with Crippen molar-refractivity contribution >= 4 is 39.1 Å². The highest BCUT2D eigenvalue weighted by atomic mass is 31.4. The molecule has 0 amide bonds. The van der Waals surface area contributed by atoms with Crippen LogP contribution in [0.1, 0.15) is 0 Å². The second-order valence-corrected chi connectivity index (χ2v) is 11.3. The Morgan fingerprint density at radius 1 is 0.571 bits per heavy atom. The Bertz CT molecular complexity index is 479. The number of hydrogen-bond donors (Lipinski definition) is 5. The SMILES string of the molecule is N.N.O=P(O)(O)O.O=P12OP3(=O)OP(=O)(O1)OP(=O)(O2)O3. The van der Waals surface area contributed by atoms with Crippen molar-refractivity contribution in [3.8, 4) is 0 Å². The van der Waals surface area contributed by atoms with E-state index in [4.69, 9.17) is 19.2 Å². The molecule has 4 aliphatic heterocycles. The molecule has 4 aliphatic rings. The smallest absolute Gasteiger partial charge is 0.344 e. The Kier molecular flexibility index (Phi) is 6.17. The van der Waals surface area contributed by atoms with E-state index in [2.05, 4.69) is 25.9 Å². The zero-order chi connectivity index (χ0) is 14.7. The van der Waals surface area contributed by atoms with E-state index in [0.717, 1.165) is 0 Å². The normalized spacial score (nSPS) is 46.6. The molecule has 4 bridgehead atoms. The van der Waals surface area contributed by atoms with E-state index in [0.29, 0.717) is 0 Å². The van der Waals surface area contributed by atoms with Gasteiger partial charge in [-0.3, -0.25) is 0 Å².